The number of benzene rings is 1. The molecular weight excluding hydrogens is 424 g/mol. The molecule has 11 heteroatoms. The number of ether oxygens (including phenoxy) is 1. The van der Waals surface area contributed by atoms with Crippen LogP contribution in [-0.2, 0) is 29.0 Å². The first-order valence-electron chi connectivity index (χ1n) is 10.2. The van der Waals surface area contributed by atoms with Gasteiger partial charge in [-0.1, -0.05) is 0 Å². The number of rotatable bonds is 5. The predicted molar refractivity (Wildman–Crippen MR) is 113 cm³/mol. The Bertz CT molecular complexity index is 1010. The average molecular weight is 449 g/mol. The first kappa shape index (κ1) is 21.4. The lowest BCUT2D eigenvalue weighted by molar-refractivity contribution is -0.133. The van der Waals surface area contributed by atoms with Gasteiger partial charge in [0, 0.05) is 30.8 Å². The highest BCUT2D eigenvalue weighted by atomic mass is 32.2. The summed E-state index contributed by atoms with van der Waals surface area (Å²) < 4.78 is 28.8. The summed E-state index contributed by atoms with van der Waals surface area (Å²) in [6, 6.07) is 6.12. The smallest absolute Gasteiger partial charge is 0.271 e. The summed E-state index contributed by atoms with van der Waals surface area (Å²) >= 11 is 0. The van der Waals surface area contributed by atoms with Crippen molar-refractivity contribution in [1.82, 2.24) is 5.01 Å². The molecule has 0 bridgehead atoms. The molecule has 0 radical (unpaired) electrons. The lowest BCUT2D eigenvalue weighted by Crippen LogP contribution is -2.42. The molecule has 166 valence electrons. The van der Waals surface area contributed by atoms with Crippen LogP contribution in [0.15, 0.2) is 29.4 Å². The zero-order valence-corrected chi connectivity index (χ0v) is 17.7. The Balaban J connectivity index is 1.37. The number of carbonyl (C=O) groups is 3. The number of nitrogens with one attached hydrogen (secondary N) is 2. The van der Waals surface area contributed by atoms with Crippen LogP contribution in [0, 0.1) is 0 Å². The highest BCUT2D eigenvalue weighted by Gasteiger charge is 2.37. The van der Waals surface area contributed by atoms with E-state index in [1.807, 2.05) is 0 Å². The van der Waals surface area contributed by atoms with Gasteiger partial charge < -0.3 is 15.4 Å². The maximum atomic E-state index is 12.6. The maximum absolute atomic E-state index is 12.6. The van der Waals surface area contributed by atoms with E-state index in [2.05, 4.69) is 15.7 Å². The summed E-state index contributed by atoms with van der Waals surface area (Å²) in [5.74, 6) is -1.02. The van der Waals surface area contributed by atoms with E-state index in [0.29, 0.717) is 30.8 Å². The van der Waals surface area contributed by atoms with Crippen LogP contribution < -0.4 is 10.6 Å². The normalized spacial score (nSPS) is 25.2. The molecule has 3 aliphatic heterocycles. The molecule has 1 aromatic carbocycles. The van der Waals surface area contributed by atoms with E-state index < -0.39 is 27.9 Å². The minimum absolute atomic E-state index is 0.0221. The van der Waals surface area contributed by atoms with Gasteiger partial charge in [0.2, 0.25) is 5.91 Å². The number of carbonyl (C=O) groups excluding carboxylic acids is 3. The zero-order chi connectivity index (χ0) is 22.0. The Morgan fingerprint density at radius 3 is 2.39 bits per heavy atom. The Morgan fingerprint density at radius 2 is 1.77 bits per heavy atom. The fourth-order valence-electron chi connectivity index (χ4n) is 3.84. The summed E-state index contributed by atoms with van der Waals surface area (Å²) in [6.07, 6.45) is 1.77. The fraction of sp³-hybridized carbons (Fsp3) is 0.500. The molecule has 0 aromatic heterocycles. The zero-order valence-electron chi connectivity index (χ0n) is 16.9. The maximum Gasteiger partial charge on any atom is 0.271 e. The molecule has 10 nitrogen and oxygen atoms in total. The number of hydrazone groups is 1. The quantitative estimate of drug-likeness (QED) is 0.688. The number of sulfone groups is 1. The molecule has 3 heterocycles. The summed E-state index contributed by atoms with van der Waals surface area (Å²) in [6.45, 7) is 0.590. The first-order valence-corrected chi connectivity index (χ1v) is 12.1. The van der Waals surface area contributed by atoms with Crippen molar-refractivity contribution >= 4 is 44.6 Å². The van der Waals surface area contributed by atoms with Gasteiger partial charge in [-0.25, -0.2) is 13.4 Å². The van der Waals surface area contributed by atoms with E-state index in [1.54, 1.807) is 24.3 Å². The van der Waals surface area contributed by atoms with Crippen LogP contribution in [0.1, 0.15) is 32.1 Å². The van der Waals surface area contributed by atoms with Crippen LogP contribution in [0.2, 0.25) is 0 Å². The van der Waals surface area contributed by atoms with Crippen molar-refractivity contribution in [3.63, 3.8) is 0 Å². The van der Waals surface area contributed by atoms with Crippen molar-refractivity contribution in [2.75, 3.05) is 28.7 Å². The second kappa shape index (κ2) is 8.75. The monoisotopic (exact) mass is 448 g/mol. The van der Waals surface area contributed by atoms with E-state index in [9.17, 15) is 22.8 Å². The van der Waals surface area contributed by atoms with E-state index in [0.717, 1.165) is 11.4 Å². The van der Waals surface area contributed by atoms with Gasteiger partial charge >= 0.3 is 0 Å². The Labute approximate surface area is 179 Å². The van der Waals surface area contributed by atoms with Crippen LogP contribution in [-0.4, -0.2) is 67.1 Å². The Kier molecular flexibility index (Phi) is 6.05. The lowest BCUT2D eigenvalue weighted by atomic mass is 10.1. The molecule has 1 aromatic rings. The van der Waals surface area contributed by atoms with Crippen LogP contribution >= 0.6 is 0 Å². The van der Waals surface area contributed by atoms with Gasteiger partial charge in [0.1, 0.15) is 11.8 Å². The molecule has 31 heavy (non-hydrogen) atoms. The van der Waals surface area contributed by atoms with Gasteiger partial charge in [0.25, 0.3) is 11.8 Å². The van der Waals surface area contributed by atoms with Gasteiger partial charge in [0.05, 0.1) is 17.5 Å². The van der Waals surface area contributed by atoms with E-state index in [1.165, 1.54) is 0 Å². The molecule has 0 aliphatic carbocycles. The molecular formula is C20H24N4O6S. The molecule has 3 aliphatic rings. The van der Waals surface area contributed by atoms with Gasteiger partial charge in [-0.2, -0.15) is 5.10 Å². The molecule has 2 saturated heterocycles. The van der Waals surface area contributed by atoms with E-state index in [4.69, 9.17) is 4.74 Å². The van der Waals surface area contributed by atoms with Gasteiger partial charge in [0.15, 0.2) is 9.84 Å². The lowest BCUT2D eigenvalue weighted by Gasteiger charge is -2.27. The minimum Gasteiger partial charge on any atom is -0.368 e. The molecule has 2 atom stereocenters. The van der Waals surface area contributed by atoms with Crippen molar-refractivity contribution in [1.29, 1.82) is 0 Å². The molecule has 2 N–H and O–H groups in total. The van der Waals surface area contributed by atoms with Crippen LogP contribution in [0.3, 0.4) is 0 Å². The van der Waals surface area contributed by atoms with Crippen LogP contribution in [0.5, 0.6) is 0 Å². The van der Waals surface area contributed by atoms with Crippen molar-refractivity contribution in [2.24, 2.45) is 5.10 Å². The second-order valence-electron chi connectivity index (χ2n) is 7.86. The first-order chi connectivity index (χ1) is 14.8. The fourth-order valence-corrected chi connectivity index (χ4v) is 5.53. The molecule has 0 spiro atoms. The van der Waals surface area contributed by atoms with Crippen LogP contribution in [0.4, 0.5) is 11.4 Å². The number of amides is 3. The topological polar surface area (TPSA) is 134 Å². The standard InChI is InChI=1S/C20H24N4O6S/c25-18-8-7-16(23-24(18)15-9-11-31(28,29)12-15)19(26)21-13-3-5-14(6-4-13)22-20(27)17-2-1-10-30-17/h3-6,15,17H,1-2,7-12H2,(H,21,26)(H,22,27). The highest BCUT2D eigenvalue weighted by molar-refractivity contribution is 7.91. The Morgan fingerprint density at radius 1 is 1.06 bits per heavy atom. The average Bonchev–Trinajstić information content (AvgIpc) is 3.39. The summed E-state index contributed by atoms with van der Waals surface area (Å²) in [5, 5.41) is 10.8. The molecule has 2 fully saturated rings. The Hall–Kier alpha value is -2.79. The molecule has 2 unspecified atom stereocenters. The molecule has 4 rings (SSSR count). The predicted octanol–water partition coefficient (Wildman–Crippen LogP) is 0.908. The van der Waals surface area contributed by atoms with Gasteiger partial charge in [-0.05, 0) is 43.5 Å². The second-order valence-corrected chi connectivity index (χ2v) is 10.1. The third-order valence-corrected chi connectivity index (χ3v) is 7.26. The summed E-state index contributed by atoms with van der Waals surface area (Å²) in [4.78, 5) is 36.9. The van der Waals surface area contributed by atoms with Crippen molar-refractivity contribution in [3.05, 3.63) is 24.3 Å². The SMILES string of the molecule is O=C(Nc1ccc(NC(=O)C2CCCO2)cc1)C1=NN(C2CCS(=O)(=O)C2)C(=O)CC1. The van der Waals surface area contributed by atoms with E-state index >= 15 is 0 Å². The van der Waals surface area contributed by atoms with Crippen molar-refractivity contribution in [2.45, 2.75) is 44.2 Å². The number of hydrogen-bond acceptors (Lipinski definition) is 7. The third-order valence-electron chi connectivity index (χ3n) is 5.51. The number of nitrogens with zero attached hydrogens (tertiary/aromatic N) is 2. The van der Waals surface area contributed by atoms with Gasteiger partial charge in [-0.3, -0.25) is 14.4 Å². The van der Waals surface area contributed by atoms with Gasteiger partial charge in [-0.15, -0.1) is 0 Å². The van der Waals surface area contributed by atoms with Crippen molar-refractivity contribution in [3.8, 4) is 0 Å². The summed E-state index contributed by atoms with van der Waals surface area (Å²) in [7, 11) is -3.17. The molecule has 3 amide bonds. The summed E-state index contributed by atoms with van der Waals surface area (Å²) in [5.41, 5.74) is 1.28. The largest absolute Gasteiger partial charge is 0.368 e. The molecule has 0 saturated carbocycles. The van der Waals surface area contributed by atoms with E-state index in [-0.39, 0.29) is 41.9 Å². The number of hydrogen-bond donors (Lipinski definition) is 2. The third kappa shape index (κ3) is 5.10. The van der Waals surface area contributed by atoms with Crippen molar-refractivity contribution < 1.29 is 27.5 Å². The highest BCUT2D eigenvalue weighted by Crippen LogP contribution is 2.23. The number of anilines is 2. The van der Waals surface area contributed by atoms with Crippen LogP contribution in [0.25, 0.3) is 0 Å². The minimum atomic E-state index is -3.17.